The second-order valence-corrected chi connectivity index (χ2v) is 4.82. The van der Waals surface area contributed by atoms with E-state index in [0.29, 0.717) is 5.69 Å². The average molecular weight is 268 g/mol. The van der Waals surface area contributed by atoms with Gasteiger partial charge in [-0.2, -0.15) is 0 Å². The molecule has 3 rings (SSSR count). The van der Waals surface area contributed by atoms with Crippen molar-refractivity contribution < 1.29 is 5.21 Å². The zero-order valence-electron chi connectivity index (χ0n) is 11.0. The van der Waals surface area contributed by atoms with E-state index < -0.39 is 0 Å². The summed E-state index contributed by atoms with van der Waals surface area (Å²) in [5.74, 6) is 0.0317. The third-order valence-corrected chi connectivity index (χ3v) is 3.61. The van der Waals surface area contributed by atoms with E-state index in [1.807, 2.05) is 12.1 Å². The standard InChI is InChI=1S/C15H16N4O/c16-15(18-20)14-9-13(5-7-17-14)19-8-6-11-3-1-2-4-12(11)10-19/h1-5,7,9,20H,6,8,10H2,(H2,16,18). The number of benzene rings is 1. The number of aromatic nitrogens is 1. The van der Waals surface area contributed by atoms with Crippen LogP contribution in [0.25, 0.3) is 0 Å². The highest BCUT2D eigenvalue weighted by Crippen LogP contribution is 2.24. The van der Waals surface area contributed by atoms with E-state index in [1.165, 1.54) is 11.1 Å². The molecule has 20 heavy (non-hydrogen) atoms. The molecule has 0 spiro atoms. The minimum absolute atomic E-state index is 0.0317. The van der Waals surface area contributed by atoms with Crippen LogP contribution < -0.4 is 10.6 Å². The van der Waals surface area contributed by atoms with Gasteiger partial charge in [0.05, 0.1) is 0 Å². The average Bonchev–Trinajstić information content (AvgIpc) is 2.53. The van der Waals surface area contributed by atoms with Gasteiger partial charge in [-0.15, -0.1) is 0 Å². The van der Waals surface area contributed by atoms with E-state index in [4.69, 9.17) is 10.9 Å². The number of anilines is 1. The van der Waals surface area contributed by atoms with E-state index in [9.17, 15) is 0 Å². The van der Waals surface area contributed by atoms with Gasteiger partial charge >= 0.3 is 0 Å². The maximum atomic E-state index is 8.73. The topological polar surface area (TPSA) is 74.7 Å². The van der Waals surface area contributed by atoms with Gasteiger partial charge in [0.2, 0.25) is 0 Å². The fraction of sp³-hybridized carbons (Fsp3) is 0.200. The Hall–Kier alpha value is -2.56. The number of nitrogens with zero attached hydrogens (tertiary/aromatic N) is 3. The molecule has 0 bridgehead atoms. The number of hydrogen-bond acceptors (Lipinski definition) is 4. The SMILES string of the molecule is NC(=NO)c1cc(N2CCc3ccccc3C2)ccn1. The first kappa shape index (κ1) is 12.5. The van der Waals surface area contributed by atoms with Gasteiger partial charge in [0.25, 0.3) is 0 Å². The van der Waals surface area contributed by atoms with Crippen LogP contribution >= 0.6 is 0 Å². The molecule has 0 atom stereocenters. The van der Waals surface area contributed by atoms with Crippen molar-refractivity contribution in [2.75, 3.05) is 11.4 Å². The molecule has 5 heteroatoms. The van der Waals surface area contributed by atoms with Crippen LogP contribution in [0, 0.1) is 0 Å². The van der Waals surface area contributed by atoms with Crippen molar-refractivity contribution in [1.82, 2.24) is 4.98 Å². The first-order valence-electron chi connectivity index (χ1n) is 6.53. The highest BCUT2D eigenvalue weighted by Gasteiger charge is 2.16. The molecule has 102 valence electrons. The Morgan fingerprint density at radius 2 is 2.05 bits per heavy atom. The number of pyridine rings is 1. The zero-order valence-corrected chi connectivity index (χ0v) is 11.0. The predicted octanol–water partition coefficient (Wildman–Crippen LogP) is 1.74. The van der Waals surface area contributed by atoms with Crippen LogP contribution in [0.3, 0.4) is 0 Å². The van der Waals surface area contributed by atoms with E-state index in [0.717, 1.165) is 25.2 Å². The Morgan fingerprint density at radius 3 is 2.85 bits per heavy atom. The summed E-state index contributed by atoms with van der Waals surface area (Å²) < 4.78 is 0. The van der Waals surface area contributed by atoms with Crippen molar-refractivity contribution in [1.29, 1.82) is 0 Å². The van der Waals surface area contributed by atoms with Gasteiger partial charge in [0.1, 0.15) is 5.69 Å². The van der Waals surface area contributed by atoms with Gasteiger partial charge in [-0.25, -0.2) is 0 Å². The Balaban J connectivity index is 1.88. The Morgan fingerprint density at radius 1 is 1.25 bits per heavy atom. The number of rotatable bonds is 2. The number of nitrogens with two attached hydrogens (primary N) is 1. The van der Waals surface area contributed by atoms with E-state index in [1.54, 1.807) is 6.20 Å². The lowest BCUT2D eigenvalue weighted by molar-refractivity contribution is 0.318. The third kappa shape index (κ3) is 2.30. The van der Waals surface area contributed by atoms with Crippen molar-refractivity contribution in [2.45, 2.75) is 13.0 Å². The summed E-state index contributed by atoms with van der Waals surface area (Å²) in [5.41, 5.74) is 9.88. The fourth-order valence-electron chi connectivity index (χ4n) is 2.52. The summed E-state index contributed by atoms with van der Waals surface area (Å²) in [6.07, 6.45) is 2.71. The largest absolute Gasteiger partial charge is 0.409 e. The summed E-state index contributed by atoms with van der Waals surface area (Å²) in [4.78, 5) is 6.38. The molecule has 0 saturated heterocycles. The van der Waals surface area contributed by atoms with Crippen molar-refractivity contribution in [2.24, 2.45) is 10.9 Å². The summed E-state index contributed by atoms with van der Waals surface area (Å²) in [6, 6.07) is 12.3. The van der Waals surface area contributed by atoms with Crippen LogP contribution in [0.15, 0.2) is 47.8 Å². The molecule has 1 aliphatic heterocycles. The van der Waals surface area contributed by atoms with Gasteiger partial charge in [-0.05, 0) is 29.7 Å². The first-order valence-corrected chi connectivity index (χ1v) is 6.53. The molecule has 5 nitrogen and oxygen atoms in total. The summed E-state index contributed by atoms with van der Waals surface area (Å²) in [6.45, 7) is 1.83. The smallest absolute Gasteiger partial charge is 0.188 e. The second-order valence-electron chi connectivity index (χ2n) is 4.82. The van der Waals surface area contributed by atoms with Crippen LogP contribution in [0.5, 0.6) is 0 Å². The van der Waals surface area contributed by atoms with Gasteiger partial charge in [0.15, 0.2) is 5.84 Å². The summed E-state index contributed by atoms with van der Waals surface area (Å²) in [5, 5.41) is 11.7. The van der Waals surface area contributed by atoms with Gasteiger partial charge in [0, 0.05) is 25.0 Å². The fourth-order valence-corrected chi connectivity index (χ4v) is 2.52. The van der Waals surface area contributed by atoms with Crippen molar-refractivity contribution in [3.8, 4) is 0 Å². The van der Waals surface area contributed by atoms with Crippen molar-refractivity contribution in [3.05, 3.63) is 59.4 Å². The lowest BCUT2D eigenvalue weighted by Crippen LogP contribution is -2.30. The van der Waals surface area contributed by atoms with E-state index in [2.05, 4.69) is 39.3 Å². The van der Waals surface area contributed by atoms with Gasteiger partial charge in [-0.3, -0.25) is 4.98 Å². The molecule has 0 aliphatic carbocycles. The van der Waals surface area contributed by atoms with Crippen LogP contribution in [-0.2, 0) is 13.0 Å². The molecule has 0 saturated carbocycles. The first-order chi connectivity index (χ1) is 9.78. The predicted molar refractivity (Wildman–Crippen MR) is 77.9 cm³/mol. The normalized spacial score (nSPS) is 15.0. The van der Waals surface area contributed by atoms with Crippen LogP contribution in [-0.4, -0.2) is 22.6 Å². The monoisotopic (exact) mass is 268 g/mol. The van der Waals surface area contributed by atoms with Crippen LogP contribution in [0.1, 0.15) is 16.8 Å². The quantitative estimate of drug-likeness (QED) is 0.376. The maximum absolute atomic E-state index is 8.73. The maximum Gasteiger partial charge on any atom is 0.188 e. The molecule has 1 aliphatic rings. The van der Waals surface area contributed by atoms with Gasteiger partial charge < -0.3 is 15.8 Å². The molecule has 2 aromatic rings. The molecule has 1 aromatic carbocycles. The Kier molecular flexibility index (Phi) is 3.25. The molecule has 0 fully saturated rings. The molecule has 3 N–H and O–H groups in total. The van der Waals surface area contributed by atoms with E-state index in [-0.39, 0.29) is 5.84 Å². The number of fused-ring (bicyclic) bond motifs is 1. The highest BCUT2D eigenvalue weighted by atomic mass is 16.4. The molecule has 0 amide bonds. The zero-order chi connectivity index (χ0) is 13.9. The van der Waals surface area contributed by atoms with Gasteiger partial charge in [-0.1, -0.05) is 29.4 Å². The number of amidine groups is 1. The Labute approximate surface area is 117 Å². The molecule has 0 radical (unpaired) electrons. The molecule has 2 heterocycles. The molecular formula is C15H16N4O. The van der Waals surface area contributed by atoms with Crippen molar-refractivity contribution in [3.63, 3.8) is 0 Å². The molecular weight excluding hydrogens is 252 g/mol. The number of hydrogen-bond donors (Lipinski definition) is 2. The lowest BCUT2D eigenvalue weighted by Gasteiger charge is -2.30. The lowest BCUT2D eigenvalue weighted by atomic mass is 9.99. The van der Waals surface area contributed by atoms with Crippen LogP contribution in [0.2, 0.25) is 0 Å². The van der Waals surface area contributed by atoms with Crippen molar-refractivity contribution >= 4 is 11.5 Å². The highest BCUT2D eigenvalue weighted by molar-refractivity contribution is 5.95. The minimum Gasteiger partial charge on any atom is -0.409 e. The summed E-state index contributed by atoms with van der Waals surface area (Å²) in [7, 11) is 0. The van der Waals surface area contributed by atoms with Crippen LogP contribution in [0.4, 0.5) is 5.69 Å². The summed E-state index contributed by atoms with van der Waals surface area (Å²) >= 11 is 0. The number of oxime groups is 1. The molecule has 1 aromatic heterocycles. The van der Waals surface area contributed by atoms with E-state index >= 15 is 0 Å². The third-order valence-electron chi connectivity index (χ3n) is 3.61. The minimum atomic E-state index is 0.0317. The second kappa shape index (κ2) is 5.21. The Bertz CT molecular complexity index is 654. The molecule has 0 unspecified atom stereocenters.